The Balaban J connectivity index is 2.86. The molecule has 0 spiro atoms. The normalized spacial score (nSPS) is 13.9. The molecule has 1 unspecified atom stereocenters. The van der Waals surface area contributed by atoms with Crippen molar-refractivity contribution in [3.63, 3.8) is 0 Å². The maximum Gasteiger partial charge on any atom is 0.0377 e. The van der Waals surface area contributed by atoms with Gasteiger partial charge >= 0.3 is 0 Å². The first-order valence-electron chi connectivity index (χ1n) is 2.44. The molecule has 0 bridgehead atoms. The van der Waals surface area contributed by atoms with Gasteiger partial charge in [0.1, 0.15) is 0 Å². The summed E-state index contributed by atoms with van der Waals surface area (Å²) in [5.41, 5.74) is 0. The highest BCUT2D eigenvalue weighted by molar-refractivity contribution is 7.95. The molecule has 0 amide bonds. The maximum absolute atomic E-state index is 7.67. The van der Waals surface area contributed by atoms with Crippen molar-refractivity contribution in [2.75, 3.05) is 0 Å². The minimum Gasteiger partial charge on any atom is -0.220 e. The molecule has 8 heavy (non-hydrogen) atoms. The highest BCUT2D eigenvalue weighted by Crippen LogP contribution is 2.13. The van der Waals surface area contributed by atoms with E-state index >= 15 is 0 Å². The van der Waals surface area contributed by atoms with E-state index in [9.17, 15) is 0 Å². The smallest absolute Gasteiger partial charge is 0.0377 e. The van der Waals surface area contributed by atoms with Crippen LogP contribution in [0.1, 0.15) is 20.3 Å². The Hall–Kier alpha value is 0.230. The second-order valence-electron chi connectivity index (χ2n) is 1.46. The second kappa shape index (κ2) is 5.37. The lowest BCUT2D eigenvalue weighted by atomic mass is 10.4. The maximum atomic E-state index is 7.67. The van der Waals surface area contributed by atoms with Gasteiger partial charge in [-0.2, -0.15) is 0 Å². The average Bonchev–Trinajstić information content (AvgIpc) is 1.83. The molecule has 0 radical (unpaired) electrons. The highest BCUT2D eigenvalue weighted by atomic mass is 32.2. The van der Waals surface area contributed by atoms with Gasteiger partial charge in [-0.3, -0.25) is 0 Å². The van der Waals surface area contributed by atoms with Crippen molar-refractivity contribution in [1.29, 1.82) is 0 Å². The number of rotatable bonds is 4. The van der Waals surface area contributed by atoms with Crippen molar-refractivity contribution < 1.29 is 14.6 Å². The van der Waals surface area contributed by atoms with E-state index in [4.69, 9.17) is 5.26 Å². The van der Waals surface area contributed by atoms with Gasteiger partial charge < -0.3 is 0 Å². The van der Waals surface area contributed by atoms with Gasteiger partial charge in [0.05, 0.1) is 0 Å². The molecule has 1 N–H and O–H groups in total. The zero-order chi connectivity index (χ0) is 6.41. The fraction of sp³-hybridized carbons (Fsp3) is 1.00. The summed E-state index contributed by atoms with van der Waals surface area (Å²) in [6.07, 6.45) is 0.994. The van der Waals surface area contributed by atoms with Crippen LogP contribution in [0.15, 0.2) is 0 Å². The Kier molecular flexibility index (Phi) is 5.52. The summed E-state index contributed by atoms with van der Waals surface area (Å²) in [4.78, 5) is 0. The zero-order valence-electron chi connectivity index (χ0n) is 4.96. The first kappa shape index (κ1) is 8.23. The van der Waals surface area contributed by atoms with Gasteiger partial charge in [0.15, 0.2) is 0 Å². The van der Waals surface area contributed by atoms with Gasteiger partial charge in [-0.25, -0.2) is 5.26 Å². The van der Waals surface area contributed by atoms with Crippen LogP contribution in [0.4, 0.5) is 0 Å². The summed E-state index contributed by atoms with van der Waals surface area (Å²) < 4.78 is 4.16. The van der Waals surface area contributed by atoms with Gasteiger partial charge in [-0.05, 0) is 6.42 Å². The Morgan fingerprint density at radius 2 is 2.38 bits per heavy atom. The summed E-state index contributed by atoms with van der Waals surface area (Å²) in [7, 11) is 0. The van der Waals surface area contributed by atoms with E-state index in [1.807, 2.05) is 13.8 Å². The van der Waals surface area contributed by atoms with Crippen molar-refractivity contribution >= 4 is 12.0 Å². The second-order valence-corrected chi connectivity index (χ2v) is 2.59. The molecule has 0 aliphatic carbocycles. The highest BCUT2D eigenvalue weighted by Gasteiger charge is 1.98. The molecule has 0 aromatic carbocycles. The lowest BCUT2D eigenvalue weighted by molar-refractivity contribution is -0.432. The Bertz CT molecular complexity index is 50.5. The number of hydrogen-bond donors (Lipinski definition) is 1. The number of hydrogen-bond acceptors (Lipinski definition) is 4. The Labute approximate surface area is 53.0 Å². The molecule has 50 valence electrons. The van der Waals surface area contributed by atoms with Crippen LogP contribution in [0.3, 0.4) is 0 Å². The summed E-state index contributed by atoms with van der Waals surface area (Å²) >= 11 is 1.10. The molecule has 0 heterocycles. The molecule has 0 aromatic rings. The molecule has 1 atom stereocenters. The quantitative estimate of drug-likeness (QED) is 0.365. The molecule has 0 rings (SSSR count). The Morgan fingerprint density at radius 1 is 1.75 bits per heavy atom. The van der Waals surface area contributed by atoms with E-state index in [0.717, 1.165) is 18.5 Å². The predicted octanol–water partition coefficient (Wildman–Crippen LogP) is 1.85. The van der Waals surface area contributed by atoms with Crippen LogP contribution in [-0.4, -0.2) is 10.5 Å². The van der Waals surface area contributed by atoms with Crippen LogP contribution in [-0.2, 0) is 9.37 Å². The van der Waals surface area contributed by atoms with Crippen LogP contribution in [0.25, 0.3) is 0 Å². The Morgan fingerprint density at radius 3 is 2.75 bits per heavy atom. The molecule has 0 saturated carbocycles. The van der Waals surface area contributed by atoms with Crippen molar-refractivity contribution in [3.05, 3.63) is 0 Å². The topological polar surface area (TPSA) is 38.7 Å². The van der Waals surface area contributed by atoms with E-state index in [0.29, 0.717) is 5.25 Å². The standard InChI is InChI=1S/C4H10O3S/c1-3-4(2)8-7-6-5/h4-5H,3H2,1-2H3. The van der Waals surface area contributed by atoms with Gasteiger partial charge in [0, 0.05) is 17.3 Å². The fourth-order valence-corrected chi connectivity index (χ4v) is 0.458. The molecular formula is C4H10O3S. The fourth-order valence-electron chi connectivity index (χ4n) is 0.153. The van der Waals surface area contributed by atoms with Crippen LogP contribution >= 0.6 is 12.0 Å². The zero-order valence-corrected chi connectivity index (χ0v) is 5.77. The van der Waals surface area contributed by atoms with Crippen molar-refractivity contribution in [2.24, 2.45) is 0 Å². The average molecular weight is 138 g/mol. The third kappa shape index (κ3) is 4.39. The van der Waals surface area contributed by atoms with E-state index in [-0.39, 0.29) is 0 Å². The molecule has 0 saturated heterocycles. The lowest BCUT2D eigenvalue weighted by Gasteiger charge is -2.01. The molecule has 0 fully saturated rings. The SMILES string of the molecule is CCC(C)SOOO. The largest absolute Gasteiger partial charge is 0.220 e. The van der Waals surface area contributed by atoms with Gasteiger partial charge in [0.25, 0.3) is 0 Å². The third-order valence-electron chi connectivity index (χ3n) is 0.809. The third-order valence-corrected chi connectivity index (χ3v) is 1.61. The van der Waals surface area contributed by atoms with Crippen LogP contribution < -0.4 is 0 Å². The molecule has 4 heteroatoms. The molecule has 0 aliphatic rings. The summed E-state index contributed by atoms with van der Waals surface area (Å²) in [5, 5.41) is 11.4. The van der Waals surface area contributed by atoms with E-state index in [1.165, 1.54) is 0 Å². The first-order chi connectivity index (χ1) is 3.81. The first-order valence-corrected chi connectivity index (χ1v) is 3.25. The monoisotopic (exact) mass is 138 g/mol. The van der Waals surface area contributed by atoms with Crippen molar-refractivity contribution in [3.8, 4) is 0 Å². The molecule has 0 aliphatic heterocycles. The predicted molar refractivity (Wildman–Crippen MR) is 32.1 cm³/mol. The van der Waals surface area contributed by atoms with Crippen molar-refractivity contribution in [1.82, 2.24) is 0 Å². The van der Waals surface area contributed by atoms with E-state index < -0.39 is 0 Å². The van der Waals surface area contributed by atoms with E-state index in [1.54, 1.807) is 0 Å². The summed E-state index contributed by atoms with van der Waals surface area (Å²) in [6.45, 7) is 4.00. The van der Waals surface area contributed by atoms with Gasteiger partial charge in [0.2, 0.25) is 0 Å². The minimum absolute atomic E-state index is 0.363. The summed E-state index contributed by atoms with van der Waals surface area (Å²) in [6, 6.07) is 0. The minimum atomic E-state index is 0.363. The van der Waals surface area contributed by atoms with E-state index in [2.05, 4.69) is 9.37 Å². The summed E-state index contributed by atoms with van der Waals surface area (Å²) in [5.74, 6) is 0. The van der Waals surface area contributed by atoms with Crippen LogP contribution in [0.2, 0.25) is 0 Å². The van der Waals surface area contributed by atoms with Gasteiger partial charge in [-0.1, -0.05) is 18.9 Å². The van der Waals surface area contributed by atoms with Gasteiger partial charge in [-0.15, -0.1) is 4.33 Å². The molecule has 3 nitrogen and oxygen atoms in total. The lowest BCUT2D eigenvalue weighted by Crippen LogP contribution is -1.93. The molecule has 0 aromatic heterocycles. The molecular weight excluding hydrogens is 128 g/mol. The van der Waals surface area contributed by atoms with Crippen molar-refractivity contribution in [2.45, 2.75) is 25.5 Å². The van der Waals surface area contributed by atoms with Crippen LogP contribution in [0, 0.1) is 0 Å². The van der Waals surface area contributed by atoms with Crippen LogP contribution in [0.5, 0.6) is 0 Å².